The Morgan fingerprint density at radius 2 is 2.29 bits per heavy atom. The number of ether oxygens (including phenoxy) is 2. The van der Waals surface area contributed by atoms with Gasteiger partial charge in [-0.2, -0.15) is 0 Å². The van der Waals surface area contributed by atoms with Gasteiger partial charge in [-0.15, -0.1) is 0 Å². The van der Waals surface area contributed by atoms with E-state index in [1.54, 1.807) is 0 Å². The third-order valence-corrected chi connectivity index (χ3v) is 2.17. The van der Waals surface area contributed by atoms with E-state index >= 15 is 0 Å². The lowest BCUT2D eigenvalue weighted by atomic mass is 10.1. The molecule has 0 bridgehead atoms. The van der Waals surface area contributed by atoms with E-state index in [9.17, 15) is 10.4 Å². The normalized spacial score (nSPS) is 19.3. The van der Waals surface area contributed by atoms with Crippen LogP contribution in [0.3, 0.4) is 0 Å². The van der Waals surface area contributed by atoms with E-state index in [1.165, 1.54) is 12.3 Å². The molecular weight excluding hydrogens is 226 g/mol. The lowest BCUT2D eigenvalue weighted by Gasteiger charge is -2.24. The topological polar surface area (TPSA) is 109 Å². The summed E-state index contributed by atoms with van der Waals surface area (Å²) in [6.07, 6.45) is 2.88. The van der Waals surface area contributed by atoms with Crippen LogP contribution in [0.1, 0.15) is 13.8 Å². The summed E-state index contributed by atoms with van der Waals surface area (Å²) < 4.78 is 10.6. The van der Waals surface area contributed by atoms with E-state index in [0.29, 0.717) is 13.2 Å². The third-order valence-electron chi connectivity index (χ3n) is 2.17. The van der Waals surface area contributed by atoms with Gasteiger partial charge in [0.05, 0.1) is 18.8 Å². The van der Waals surface area contributed by atoms with Gasteiger partial charge < -0.3 is 25.2 Å². The van der Waals surface area contributed by atoms with Gasteiger partial charge in [-0.05, 0) is 13.8 Å². The van der Waals surface area contributed by atoms with Crippen molar-refractivity contribution >= 4 is 5.84 Å². The Kier molecular flexibility index (Phi) is 4.59. The minimum absolute atomic E-state index is 0.225. The molecule has 0 amide bonds. The van der Waals surface area contributed by atoms with Crippen molar-refractivity contribution in [2.75, 3.05) is 19.8 Å². The predicted octanol–water partition coefficient (Wildman–Crippen LogP) is -0.351. The van der Waals surface area contributed by atoms with E-state index in [0.717, 1.165) is 6.61 Å². The molecule has 98 valence electrons. The molecule has 0 aromatic carbocycles. The van der Waals surface area contributed by atoms with Gasteiger partial charge in [-0.25, -0.2) is 0 Å². The first-order chi connectivity index (χ1) is 7.91. The molecule has 0 aromatic heterocycles. The predicted molar refractivity (Wildman–Crippen MR) is 63.1 cm³/mol. The fraction of sp³-hybridized carbons (Fsp3) is 0.700. The summed E-state index contributed by atoms with van der Waals surface area (Å²) >= 11 is 0. The number of hydrogen-bond donors (Lipinski definition) is 2. The maximum Gasteiger partial charge on any atom is 0.275 e. The summed E-state index contributed by atoms with van der Waals surface area (Å²) in [5.41, 5.74) is 4.75. The molecule has 0 spiro atoms. The number of amidine groups is 1. The molecule has 1 aliphatic rings. The lowest BCUT2D eigenvalue weighted by molar-refractivity contribution is -0.379. The largest absolute Gasteiger partial charge is 0.712 e. The Hall–Kier alpha value is -1.47. The quantitative estimate of drug-likeness (QED) is 0.208. The first kappa shape index (κ1) is 13.6. The first-order valence-corrected chi connectivity index (χ1v) is 5.33. The molecule has 1 aliphatic heterocycles. The number of rotatable bonds is 7. The summed E-state index contributed by atoms with van der Waals surface area (Å²) in [5, 5.41) is 23.3. The van der Waals surface area contributed by atoms with Crippen molar-refractivity contribution in [3.63, 3.8) is 0 Å². The average Bonchev–Trinajstić information content (AvgIpc) is 3.05. The number of epoxide rings is 1. The van der Waals surface area contributed by atoms with E-state index in [1.807, 2.05) is 13.8 Å². The van der Waals surface area contributed by atoms with Crippen molar-refractivity contribution in [3.8, 4) is 0 Å². The molecule has 0 radical (unpaired) electrons. The fourth-order valence-electron chi connectivity index (χ4n) is 1.04. The Morgan fingerprint density at radius 1 is 1.65 bits per heavy atom. The Balaban J connectivity index is 2.21. The molecule has 0 aromatic rings. The lowest BCUT2D eigenvalue weighted by Crippen LogP contribution is -2.36. The van der Waals surface area contributed by atoms with E-state index in [-0.39, 0.29) is 11.7 Å². The second-order valence-electron chi connectivity index (χ2n) is 4.42. The van der Waals surface area contributed by atoms with Crippen LogP contribution in [-0.2, 0) is 9.47 Å². The van der Waals surface area contributed by atoms with Crippen molar-refractivity contribution < 1.29 is 14.4 Å². The molecule has 3 N–H and O–H groups in total. The molecule has 1 rings (SSSR count). The molecule has 1 atom stereocenters. The molecule has 1 fully saturated rings. The second kappa shape index (κ2) is 5.74. The number of nitrogens with one attached hydrogen (secondary N) is 1. The van der Waals surface area contributed by atoms with Crippen molar-refractivity contribution in [2.45, 2.75) is 25.6 Å². The van der Waals surface area contributed by atoms with E-state index in [4.69, 9.17) is 15.2 Å². The van der Waals surface area contributed by atoms with Gasteiger partial charge in [0.15, 0.2) is 0 Å². The third kappa shape index (κ3) is 5.98. The van der Waals surface area contributed by atoms with E-state index < -0.39 is 10.7 Å². The highest BCUT2D eigenvalue weighted by Gasteiger charge is 2.27. The summed E-state index contributed by atoms with van der Waals surface area (Å²) in [6, 6.07) is 0. The zero-order chi connectivity index (χ0) is 12.9. The van der Waals surface area contributed by atoms with Crippen LogP contribution in [-0.4, -0.2) is 42.2 Å². The molecule has 7 heteroatoms. The van der Waals surface area contributed by atoms with Gasteiger partial charge in [-0.1, -0.05) is 0 Å². The van der Waals surface area contributed by atoms with Crippen molar-refractivity contribution in [1.82, 2.24) is 5.32 Å². The van der Waals surface area contributed by atoms with Crippen LogP contribution in [0, 0.1) is 10.4 Å². The molecule has 7 nitrogen and oxygen atoms in total. The summed E-state index contributed by atoms with van der Waals surface area (Å²) in [6.45, 7) is 5.72. The summed E-state index contributed by atoms with van der Waals surface area (Å²) in [7, 11) is 0. The smallest absolute Gasteiger partial charge is 0.275 e. The maximum absolute atomic E-state index is 10.2. The van der Waals surface area contributed by atoms with Crippen LogP contribution in [0.15, 0.2) is 12.3 Å². The maximum atomic E-state index is 10.2. The highest BCUT2D eigenvalue weighted by molar-refractivity contribution is 5.86. The molecular formula is C10H18N3O4-. The van der Waals surface area contributed by atoms with Gasteiger partial charge >= 0.3 is 0 Å². The van der Waals surface area contributed by atoms with Crippen molar-refractivity contribution in [2.24, 2.45) is 5.73 Å². The number of nitrogens with two attached hydrogens (primary N) is 1. The number of nitrogens with zero attached hydrogens (tertiary/aromatic N) is 1. The molecule has 1 unspecified atom stereocenters. The Labute approximate surface area is 100 Å². The molecule has 17 heavy (non-hydrogen) atoms. The van der Waals surface area contributed by atoms with Gasteiger partial charge in [0.1, 0.15) is 6.10 Å². The molecule has 1 heterocycles. The zero-order valence-corrected chi connectivity index (χ0v) is 10.0. The number of hydrogen-bond acceptors (Lipinski definition) is 5. The van der Waals surface area contributed by atoms with Gasteiger partial charge in [-0.3, -0.25) is 10.6 Å². The second-order valence-corrected chi connectivity index (χ2v) is 4.42. The van der Waals surface area contributed by atoms with Crippen molar-refractivity contribution in [1.29, 1.82) is 0 Å². The Bertz CT molecular complexity index is 307. The standard InChI is InChI=1S/C10H18N3O4/c1-10(2,17-6-8-5-16-8)7-12-4-3-9(11)13(14)15/h3-4,8,12H,5-7,11H2,1-2H3/q-1/b4-3-. The van der Waals surface area contributed by atoms with Crippen LogP contribution in [0.2, 0.25) is 0 Å². The van der Waals surface area contributed by atoms with Crippen LogP contribution in [0.5, 0.6) is 0 Å². The summed E-state index contributed by atoms with van der Waals surface area (Å²) in [5.74, 6) is -0.400. The van der Waals surface area contributed by atoms with Crippen LogP contribution < -0.4 is 11.1 Å². The van der Waals surface area contributed by atoms with E-state index in [2.05, 4.69) is 5.32 Å². The Morgan fingerprint density at radius 3 is 2.82 bits per heavy atom. The average molecular weight is 244 g/mol. The fourth-order valence-corrected chi connectivity index (χ4v) is 1.04. The minimum Gasteiger partial charge on any atom is -0.712 e. The van der Waals surface area contributed by atoms with Crippen LogP contribution in [0.25, 0.3) is 0 Å². The summed E-state index contributed by atoms with van der Waals surface area (Å²) in [4.78, 5) is -0.649. The molecule has 0 saturated carbocycles. The highest BCUT2D eigenvalue weighted by Crippen LogP contribution is 2.14. The van der Waals surface area contributed by atoms with Crippen molar-refractivity contribution in [3.05, 3.63) is 22.7 Å². The van der Waals surface area contributed by atoms with Gasteiger partial charge in [0.2, 0.25) is 0 Å². The minimum atomic E-state index is -0.649. The van der Waals surface area contributed by atoms with Gasteiger partial charge in [0, 0.05) is 18.8 Å². The zero-order valence-electron chi connectivity index (χ0n) is 10.0. The van der Waals surface area contributed by atoms with Crippen LogP contribution in [0.4, 0.5) is 0 Å². The molecule has 0 aliphatic carbocycles. The van der Waals surface area contributed by atoms with Gasteiger partial charge in [0.25, 0.3) is 5.84 Å². The molecule has 1 saturated heterocycles. The highest BCUT2D eigenvalue weighted by atomic mass is 16.8. The monoisotopic (exact) mass is 244 g/mol. The first-order valence-electron chi connectivity index (χ1n) is 5.33. The SMILES string of the molecule is CC(C)(CN/C=C\C(N)=[N+]([O-])[O-])OCC1CO1. The van der Waals surface area contributed by atoms with Crippen LogP contribution >= 0.6 is 0 Å².